The quantitative estimate of drug-likeness (QED) is 0.316. The number of piperidine rings is 1. The van der Waals surface area contributed by atoms with E-state index in [0.29, 0.717) is 31.2 Å². The number of benzene rings is 2. The molecule has 3 aromatic rings. The number of para-hydroxylation sites is 1. The van der Waals surface area contributed by atoms with Gasteiger partial charge >= 0.3 is 12.1 Å². The fourth-order valence-corrected chi connectivity index (χ4v) is 9.57. The molecule has 3 heterocycles. The molecule has 0 radical (unpaired) electrons. The molecule has 47 heavy (non-hydrogen) atoms. The molecule has 1 aromatic heterocycles. The molecule has 0 spiro atoms. The van der Waals surface area contributed by atoms with Crippen molar-refractivity contribution in [1.82, 2.24) is 25.4 Å². The number of ether oxygens (including phenoxy) is 1. The van der Waals surface area contributed by atoms with Crippen molar-refractivity contribution in [2.75, 3.05) is 6.54 Å². The topological polar surface area (TPSA) is 124 Å². The predicted molar refractivity (Wildman–Crippen MR) is 175 cm³/mol. The minimum absolute atomic E-state index is 0.0930. The van der Waals surface area contributed by atoms with E-state index >= 15 is 0 Å². The van der Waals surface area contributed by atoms with Crippen LogP contribution in [-0.2, 0) is 27.3 Å². The van der Waals surface area contributed by atoms with Crippen LogP contribution in [0.4, 0.5) is 9.59 Å². The van der Waals surface area contributed by atoms with E-state index in [4.69, 9.17) is 4.74 Å². The molecule has 246 valence electrons. The van der Waals surface area contributed by atoms with Crippen molar-refractivity contribution in [3.63, 3.8) is 0 Å². The van der Waals surface area contributed by atoms with Gasteiger partial charge in [-0.25, -0.2) is 9.59 Å². The van der Waals surface area contributed by atoms with Crippen LogP contribution in [0.1, 0.15) is 62.5 Å². The highest BCUT2D eigenvalue weighted by atomic mass is 16.6. The number of fused-ring (bicyclic) bond motifs is 2. The summed E-state index contributed by atoms with van der Waals surface area (Å²) in [6.07, 6.45) is 8.84. The van der Waals surface area contributed by atoms with Crippen LogP contribution >= 0.6 is 0 Å². The first-order chi connectivity index (χ1) is 22.9. The van der Waals surface area contributed by atoms with Gasteiger partial charge in [0.05, 0.1) is 12.6 Å². The summed E-state index contributed by atoms with van der Waals surface area (Å²) in [6.45, 7) is 0.755. The van der Waals surface area contributed by atoms with Crippen LogP contribution in [0.2, 0.25) is 0 Å². The largest absolute Gasteiger partial charge is 0.446 e. The molecule has 3 atom stereocenters. The number of nitrogens with zero attached hydrogens (tertiary/aromatic N) is 2. The molecule has 5 amide bonds. The molecule has 10 heteroatoms. The number of hydrogen-bond acceptors (Lipinski definition) is 5. The van der Waals surface area contributed by atoms with Crippen LogP contribution in [0.5, 0.6) is 0 Å². The van der Waals surface area contributed by atoms with Crippen molar-refractivity contribution in [2.24, 2.45) is 23.7 Å². The number of aromatic nitrogens is 1. The second-order valence-corrected chi connectivity index (χ2v) is 14.5. The Hall–Kier alpha value is -4.34. The van der Waals surface area contributed by atoms with E-state index in [1.54, 1.807) is 4.90 Å². The van der Waals surface area contributed by atoms with E-state index in [-0.39, 0.29) is 43.3 Å². The van der Waals surface area contributed by atoms with Crippen LogP contribution in [-0.4, -0.2) is 69.5 Å². The number of urea groups is 1. The number of hydrogen-bond donors (Lipinski definition) is 3. The molecule has 10 nitrogen and oxygen atoms in total. The Kier molecular flexibility index (Phi) is 7.89. The Morgan fingerprint density at radius 2 is 1.66 bits per heavy atom. The lowest BCUT2D eigenvalue weighted by Crippen LogP contribution is -2.66. The van der Waals surface area contributed by atoms with E-state index in [9.17, 15) is 19.2 Å². The lowest BCUT2D eigenvalue weighted by Gasteiger charge is -2.53. The first-order valence-corrected chi connectivity index (χ1v) is 17.4. The molecule has 4 bridgehead atoms. The summed E-state index contributed by atoms with van der Waals surface area (Å²) in [5, 5.41) is 7.10. The molecule has 2 aliphatic heterocycles. The zero-order chi connectivity index (χ0) is 32.1. The van der Waals surface area contributed by atoms with Gasteiger partial charge < -0.3 is 25.3 Å². The van der Waals surface area contributed by atoms with Gasteiger partial charge in [0.1, 0.15) is 12.1 Å². The van der Waals surface area contributed by atoms with Gasteiger partial charge in [0.2, 0.25) is 11.8 Å². The van der Waals surface area contributed by atoms with Gasteiger partial charge in [-0.2, -0.15) is 0 Å². The van der Waals surface area contributed by atoms with Crippen LogP contribution in [0.25, 0.3) is 10.9 Å². The smallest absolute Gasteiger partial charge is 0.408 e. The second-order valence-electron chi connectivity index (χ2n) is 14.5. The summed E-state index contributed by atoms with van der Waals surface area (Å²) in [5.74, 6) is 1.77. The van der Waals surface area contributed by atoms with Crippen molar-refractivity contribution in [3.05, 3.63) is 71.9 Å². The lowest BCUT2D eigenvalue weighted by molar-refractivity contribution is -0.135. The van der Waals surface area contributed by atoms with Gasteiger partial charge in [0, 0.05) is 42.5 Å². The first kappa shape index (κ1) is 30.0. The van der Waals surface area contributed by atoms with Gasteiger partial charge in [0.25, 0.3) is 0 Å². The number of imide groups is 1. The molecule has 6 fully saturated rings. The summed E-state index contributed by atoms with van der Waals surface area (Å²) < 4.78 is 6.14. The van der Waals surface area contributed by atoms with Crippen molar-refractivity contribution < 1.29 is 23.9 Å². The molecule has 2 aromatic carbocycles. The molecule has 2 saturated heterocycles. The van der Waals surface area contributed by atoms with E-state index in [1.165, 1.54) is 11.3 Å². The third-order valence-corrected chi connectivity index (χ3v) is 11.5. The average molecular weight is 638 g/mol. The van der Waals surface area contributed by atoms with Gasteiger partial charge in [-0.15, -0.1) is 0 Å². The molecule has 9 rings (SSSR count). The van der Waals surface area contributed by atoms with Crippen molar-refractivity contribution in [2.45, 2.75) is 88.6 Å². The number of carbonyl (C=O) groups excluding carboxylic acids is 4. The van der Waals surface area contributed by atoms with E-state index in [2.05, 4.69) is 15.6 Å². The molecule has 4 saturated carbocycles. The molecule has 0 unspecified atom stereocenters. The maximum Gasteiger partial charge on any atom is 0.408 e. The molecular formula is C37H43N5O5. The van der Waals surface area contributed by atoms with Gasteiger partial charge in [-0.05, 0) is 85.8 Å². The van der Waals surface area contributed by atoms with Crippen LogP contribution in [0, 0.1) is 23.7 Å². The fraction of sp³-hybridized carbons (Fsp3) is 0.514. The first-order valence-electron chi connectivity index (χ1n) is 17.4. The average Bonchev–Trinajstić information content (AvgIpc) is 3.47. The standard InChI is InChI=1S/C37H43N5O5/c43-33-19-32-30(11-6-12-41(32)37(46)42(33)21-22-7-2-1-3-8-22)39-35(44)31(18-27-20-38-29-10-5-4-9-28(27)29)40-36(45)47-34-25-14-23-13-24(16-25)17-26(34)15-23/h1-5,7-10,20,23-26,30-32,34,38H,6,11-19,21H2,(H,39,44)(H,40,45)/t23?,24?,25?,26?,30-,31-,32+,34?/m0/s1. The normalized spacial score (nSPS) is 30.3. The Morgan fingerprint density at radius 3 is 2.43 bits per heavy atom. The predicted octanol–water partition coefficient (Wildman–Crippen LogP) is 5.13. The maximum absolute atomic E-state index is 14.1. The zero-order valence-corrected chi connectivity index (χ0v) is 26.6. The van der Waals surface area contributed by atoms with Crippen LogP contribution < -0.4 is 10.6 Å². The molecular weight excluding hydrogens is 594 g/mol. The summed E-state index contributed by atoms with van der Waals surface area (Å²) in [7, 11) is 0. The Morgan fingerprint density at radius 1 is 0.936 bits per heavy atom. The number of aromatic amines is 1. The van der Waals surface area contributed by atoms with Crippen LogP contribution in [0.3, 0.4) is 0 Å². The SMILES string of the molecule is O=C(N[C@@H](Cc1c[nH]c2ccccc12)C(=O)N[C@H]1CCCN2C(=O)N(Cc3ccccc3)C(=O)C[C@H]12)OC1C2CC3CC(C2)CC1C3. The summed E-state index contributed by atoms with van der Waals surface area (Å²) in [4.78, 5) is 60.8. The summed E-state index contributed by atoms with van der Waals surface area (Å²) >= 11 is 0. The maximum atomic E-state index is 14.1. The highest BCUT2D eigenvalue weighted by Crippen LogP contribution is 2.54. The molecule has 4 aliphatic carbocycles. The highest BCUT2D eigenvalue weighted by molar-refractivity contribution is 5.97. The van der Waals surface area contributed by atoms with Gasteiger partial charge in [0.15, 0.2) is 0 Å². The third kappa shape index (κ3) is 5.87. The Bertz CT molecular complexity index is 1640. The number of rotatable bonds is 8. The van der Waals surface area contributed by atoms with Crippen molar-refractivity contribution in [1.29, 1.82) is 0 Å². The number of nitrogens with one attached hydrogen (secondary N) is 3. The minimum Gasteiger partial charge on any atom is -0.446 e. The molecule has 3 N–H and O–H groups in total. The van der Waals surface area contributed by atoms with Crippen molar-refractivity contribution >= 4 is 34.8 Å². The monoisotopic (exact) mass is 637 g/mol. The Balaban J connectivity index is 0.980. The van der Waals surface area contributed by atoms with Crippen LogP contribution in [0.15, 0.2) is 60.8 Å². The number of H-pyrrole nitrogens is 1. The second kappa shape index (κ2) is 12.4. The highest BCUT2D eigenvalue weighted by Gasteiger charge is 2.50. The fourth-order valence-electron chi connectivity index (χ4n) is 9.57. The summed E-state index contributed by atoms with van der Waals surface area (Å²) in [5.41, 5.74) is 2.77. The van der Waals surface area contributed by atoms with Gasteiger partial charge in [-0.1, -0.05) is 48.5 Å². The third-order valence-electron chi connectivity index (χ3n) is 11.5. The van der Waals surface area contributed by atoms with E-state index < -0.39 is 24.2 Å². The summed E-state index contributed by atoms with van der Waals surface area (Å²) in [6, 6.07) is 15.3. The number of alkyl carbamates (subject to hydrolysis) is 1. The number of amides is 5. The number of carbonyl (C=O) groups is 4. The molecule has 6 aliphatic rings. The Labute approximate surface area is 274 Å². The van der Waals surface area contributed by atoms with Gasteiger partial charge in [-0.3, -0.25) is 14.5 Å². The zero-order valence-electron chi connectivity index (χ0n) is 26.6. The van der Waals surface area contributed by atoms with Crippen molar-refractivity contribution in [3.8, 4) is 0 Å². The lowest BCUT2D eigenvalue weighted by atomic mass is 9.55. The van der Waals surface area contributed by atoms with E-state index in [1.807, 2.05) is 60.8 Å². The van der Waals surface area contributed by atoms with E-state index in [0.717, 1.165) is 59.5 Å². The minimum atomic E-state index is -0.890.